The molecule has 5 nitrogen and oxygen atoms in total. The van der Waals surface area contributed by atoms with E-state index in [2.05, 4.69) is 10.2 Å². The fourth-order valence-electron chi connectivity index (χ4n) is 1.72. The molecule has 1 fully saturated rings. The largest absolute Gasteiger partial charge is 0.381 e. The Kier molecular flexibility index (Phi) is 4.20. The molecule has 0 bridgehead atoms. The first-order chi connectivity index (χ1) is 7.81. The van der Waals surface area contributed by atoms with Crippen LogP contribution in [0.3, 0.4) is 0 Å². The van der Waals surface area contributed by atoms with Crippen LogP contribution in [0.5, 0.6) is 0 Å². The van der Waals surface area contributed by atoms with E-state index in [0.717, 1.165) is 36.4 Å². The molecule has 0 amide bonds. The molecule has 0 aliphatic carbocycles. The third kappa shape index (κ3) is 2.75. The highest BCUT2D eigenvalue weighted by Crippen LogP contribution is 2.23. The maximum absolute atomic E-state index is 5.51. The summed E-state index contributed by atoms with van der Waals surface area (Å²) in [6.07, 6.45) is 1.96. The van der Waals surface area contributed by atoms with E-state index in [-0.39, 0.29) is 0 Å². The van der Waals surface area contributed by atoms with E-state index in [0.29, 0.717) is 12.5 Å². The van der Waals surface area contributed by atoms with E-state index in [4.69, 9.17) is 10.5 Å². The zero-order valence-electron chi connectivity index (χ0n) is 9.56. The van der Waals surface area contributed by atoms with Gasteiger partial charge in [0.2, 0.25) is 0 Å². The first-order valence-electron chi connectivity index (χ1n) is 5.60. The quantitative estimate of drug-likeness (QED) is 0.759. The van der Waals surface area contributed by atoms with E-state index in [1.54, 1.807) is 11.8 Å². The van der Waals surface area contributed by atoms with Gasteiger partial charge in [-0.2, -0.15) is 0 Å². The molecule has 16 heavy (non-hydrogen) atoms. The van der Waals surface area contributed by atoms with Crippen molar-refractivity contribution in [2.24, 2.45) is 18.7 Å². The minimum absolute atomic E-state index is 0.618. The van der Waals surface area contributed by atoms with Gasteiger partial charge in [0, 0.05) is 25.8 Å². The van der Waals surface area contributed by atoms with Crippen LogP contribution in [0, 0.1) is 5.92 Å². The molecule has 2 N–H and O–H groups in total. The lowest BCUT2D eigenvalue weighted by Gasteiger charge is -2.06. The molecule has 2 heterocycles. The molecule has 1 atom stereocenters. The van der Waals surface area contributed by atoms with Gasteiger partial charge in [0.05, 0.1) is 6.61 Å². The minimum Gasteiger partial charge on any atom is -0.381 e. The van der Waals surface area contributed by atoms with Crippen molar-refractivity contribution in [3.8, 4) is 0 Å². The van der Waals surface area contributed by atoms with Crippen LogP contribution in [-0.2, 0) is 18.2 Å². The Balaban J connectivity index is 1.88. The summed E-state index contributed by atoms with van der Waals surface area (Å²) in [5, 5.41) is 9.29. The average Bonchev–Trinajstić information content (AvgIpc) is 2.89. The van der Waals surface area contributed by atoms with Crippen LogP contribution >= 0.6 is 11.8 Å². The molecule has 1 aliphatic heterocycles. The van der Waals surface area contributed by atoms with Crippen molar-refractivity contribution in [2.45, 2.75) is 18.0 Å². The van der Waals surface area contributed by atoms with Crippen LogP contribution in [0.2, 0.25) is 0 Å². The summed E-state index contributed by atoms with van der Waals surface area (Å²) in [6, 6.07) is 0. The van der Waals surface area contributed by atoms with Gasteiger partial charge in [-0.05, 0) is 18.9 Å². The molecule has 0 spiro atoms. The fourth-order valence-corrected chi connectivity index (χ4v) is 2.77. The zero-order valence-corrected chi connectivity index (χ0v) is 10.4. The van der Waals surface area contributed by atoms with Gasteiger partial charge in [-0.1, -0.05) is 11.8 Å². The van der Waals surface area contributed by atoms with Crippen LogP contribution < -0.4 is 5.73 Å². The van der Waals surface area contributed by atoms with Gasteiger partial charge in [0.1, 0.15) is 5.82 Å². The highest BCUT2D eigenvalue weighted by atomic mass is 32.2. The second-order valence-electron chi connectivity index (χ2n) is 4.04. The van der Waals surface area contributed by atoms with E-state index < -0.39 is 0 Å². The van der Waals surface area contributed by atoms with Gasteiger partial charge in [-0.3, -0.25) is 0 Å². The predicted molar refractivity (Wildman–Crippen MR) is 63.4 cm³/mol. The zero-order chi connectivity index (χ0) is 11.4. The Hall–Kier alpha value is -0.590. The van der Waals surface area contributed by atoms with E-state index in [9.17, 15) is 0 Å². The minimum atomic E-state index is 0.618. The Labute approximate surface area is 99.7 Å². The standard InChI is InChI=1S/C10H18N4OS/c1-14-9(2-4-11)12-13-10(14)16-7-8-3-5-15-6-8/h8H,2-7,11H2,1H3. The van der Waals surface area contributed by atoms with Crippen molar-refractivity contribution >= 4 is 11.8 Å². The highest BCUT2D eigenvalue weighted by Gasteiger charge is 2.17. The van der Waals surface area contributed by atoms with E-state index in [1.165, 1.54) is 6.42 Å². The van der Waals surface area contributed by atoms with Crippen molar-refractivity contribution in [1.82, 2.24) is 14.8 Å². The van der Waals surface area contributed by atoms with Gasteiger partial charge < -0.3 is 15.0 Å². The number of thioether (sulfide) groups is 1. The Bertz CT molecular complexity index is 336. The normalized spacial score (nSPS) is 20.5. The van der Waals surface area contributed by atoms with Crippen molar-refractivity contribution in [2.75, 3.05) is 25.5 Å². The summed E-state index contributed by atoms with van der Waals surface area (Å²) in [5.41, 5.74) is 5.51. The number of hydrogen-bond donors (Lipinski definition) is 1. The number of nitrogens with two attached hydrogens (primary N) is 1. The molecule has 0 aromatic carbocycles. The third-order valence-electron chi connectivity index (χ3n) is 2.77. The number of hydrogen-bond acceptors (Lipinski definition) is 5. The highest BCUT2D eigenvalue weighted by molar-refractivity contribution is 7.99. The van der Waals surface area contributed by atoms with Crippen molar-refractivity contribution in [3.63, 3.8) is 0 Å². The molecule has 1 aromatic rings. The van der Waals surface area contributed by atoms with Crippen LogP contribution in [0.25, 0.3) is 0 Å². The molecule has 2 rings (SSSR count). The Morgan fingerprint density at radius 3 is 3.12 bits per heavy atom. The van der Waals surface area contributed by atoms with Crippen LogP contribution in [0.4, 0.5) is 0 Å². The number of aromatic nitrogens is 3. The maximum atomic E-state index is 5.51. The smallest absolute Gasteiger partial charge is 0.190 e. The second-order valence-corrected chi connectivity index (χ2v) is 5.02. The summed E-state index contributed by atoms with van der Waals surface area (Å²) in [5.74, 6) is 2.70. The van der Waals surface area contributed by atoms with E-state index in [1.807, 2.05) is 11.6 Å². The molecule has 6 heteroatoms. The molecule has 1 saturated heterocycles. The number of rotatable bonds is 5. The lowest BCUT2D eigenvalue weighted by Crippen LogP contribution is -2.08. The van der Waals surface area contributed by atoms with Gasteiger partial charge >= 0.3 is 0 Å². The molecule has 90 valence electrons. The topological polar surface area (TPSA) is 66.0 Å². The summed E-state index contributed by atoms with van der Waals surface area (Å²) in [4.78, 5) is 0. The summed E-state index contributed by atoms with van der Waals surface area (Å²) in [7, 11) is 2.00. The molecule has 0 radical (unpaired) electrons. The Morgan fingerprint density at radius 1 is 1.56 bits per heavy atom. The second kappa shape index (κ2) is 5.65. The summed E-state index contributed by atoms with van der Waals surface area (Å²) >= 11 is 1.76. The SMILES string of the molecule is Cn1c(CCN)nnc1SCC1CCOC1. The van der Waals surface area contributed by atoms with Crippen molar-refractivity contribution < 1.29 is 4.74 Å². The van der Waals surface area contributed by atoms with Crippen molar-refractivity contribution in [1.29, 1.82) is 0 Å². The maximum Gasteiger partial charge on any atom is 0.190 e. The van der Waals surface area contributed by atoms with Crippen LogP contribution in [0.1, 0.15) is 12.2 Å². The van der Waals surface area contributed by atoms with Gasteiger partial charge in [-0.25, -0.2) is 0 Å². The predicted octanol–water partition coefficient (Wildman–Crippen LogP) is 0.445. The van der Waals surface area contributed by atoms with Gasteiger partial charge in [-0.15, -0.1) is 10.2 Å². The molecular formula is C10H18N4OS. The average molecular weight is 242 g/mol. The Morgan fingerprint density at radius 2 is 2.44 bits per heavy atom. The molecule has 1 aromatic heterocycles. The van der Waals surface area contributed by atoms with Gasteiger partial charge in [0.15, 0.2) is 5.16 Å². The van der Waals surface area contributed by atoms with E-state index >= 15 is 0 Å². The first-order valence-corrected chi connectivity index (χ1v) is 6.58. The molecule has 0 saturated carbocycles. The number of ether oxygens (including phenoxy) is 1. The van der Waals surface area contributed by atoms with Crippen molar-refractivity contribution in [3.05, 3.63) is 5.82 Å². The number of nitrogens with zero attached hydrogens (tertiary/aromatic N) is 3. The molecule has 1 unspecified atom stereocenters. The molecular weight excluding hydrogens is 224 g/mol. The lowest BCUT2D eigenvalue weighted by molar-refractivity contribution is 0.189. The lowest BCUT2D eigenvalue weighted by atomic mass is 10.2. The fraction of sp³-hybridized carbons (Fsp3) is 0.800. The van der Waals surface area contributed by atoms with Crippen LogP contribution in [-0.4, -0.2) is 40.3 Å². The van der Waals surface area contributed by atoms with Gasteiger partial charge in [0.25, 0.3) is 0 Å². The summed E-state index contributed by atoms with van der Waals surface area (Å²) < 4.78 is 7.38. The monoisotopic (exact) mass is 242 g/mol. The van der Waals surface area contributed by atoms with Crippen LogP contribution in [0.15, 0.2) is 5.16 Å². The molecule has 1 aliphatic rings. The summed E-state index contributed by atoms with van der Waals surface area (Å²) in [6.45, 7) is 2.41. The third-order valence-corrected chi connectivity index (χ3v) is 4.02. The first kappa shape index (κ1) is 11.9.